The van der Waals surface area contributed by atoms with Gasteiger partial charge in [-0.15, -0.1) is 11.6 Å². The molecule has 34 heavy (non-hydrogen) atoms. The third-order valence-corrected chi connectivity index (χ3v) is 8.99. The lowest BCUT2D eigenvalue weighted by Crippen LogP contribution is -2.55. The molecule has 9 nitrogen and oxygen atoms in total. The molecule has 2 N–H and O–H groups in total. The van der Waals surface area contributed by atoms with Gasteiger partial charge in [0.05, 0.1) is 5.92 Å². The molecule has 2 aromatic heterocycles. The van der Waals surface area contributed by atoms with Crippen LogP contribution in [0, 0.1) is 11.8 Å². The molecule has 0 aromatic carbocycles. The van der Waals surface area contributed by atoms with Gasteiger partial charge in [-0.25, -0.2) is 17.7 Å². The normalized spacial score (nSPS) is 25.9. The van der Waals surface area contributed by atoms with Gasteiger partial charge in [-0.2, -0.15) is 4.98 Å². The molecular weight excluding hydrogens is 476 g/mol. The van der Waals surface area contributed by atoms with Gasteiger partial charge < -0.3 is 10.6 Å². The van der Waals surface area contributed by atoms with E-state index in [0.29, 0.717) is 5.92 Å². The number of anilines is 2. The van der Waals surface area contributed by atoms with Gasteiger partial charge in [-0.1, -0.05) is 0 Å². The van der Waals surface area contributed by atoms with Crippen molar-refractivity contribution in [2.45, 2.75) is 74.9 Å². The number of carbonyl (C=O) groups excluding carboxylic acids is 1. The monoisotopic (exact) mass is 506 g/mol. The first-order valence-electron chi connectivity index (χ1n) is 11.6. The Kier molecular flexibility index (Phi) is 7.28. The number of fused-ring (bicyclic) bond motifs is 1. The van der Waals surface area contributed by atoms with Crippen LogP contribution in [0.4, 0.5) is 11.8 Å². The number of hydrogen-bond acceptors (Lipinski definition) is 7. The lowest BCUT2D eigenvalue weighted by Gasteiger charge is -2.42. The first kappa shape index (κ1) is 24.7. The van der Waals surface area contributed by atoms with Crippen LogP contribution in [0.1, 0.15) is 46.5 Å². The standard InChI is InChI=1S/C23H31ClN6O3S/c1-14(2)30(34(32,33)18-5-4-9-25-13-18)21-8-10-26-23(29-21)27-15(3)19-12-16-11-17(24)6-7-20(16)28-22(19)31/h4-5,8-10,13-17,19-20H,6-7,11-12H2,1-3H3,(H,28,31)(H,26,27,29)/t15-,16?,17?,19?,20?/m0/s1. The van der Waals surface area contributed by atoms with Crippen LogP contribution in [0.5, 0.6) is 0 Å². The molecule has 1 amide bonds. The number of nitrogens with one attached hydrogen (secondary N) is 2. The summed E-state index contributed by atoms with van der Waals surface area (Å²) in [5.41, 5.74) is 0. The molecule has 4 rings (SSSR count). The summed E-state index contributed by atoms with van der Waals surface area (Å²) >= 11 is 6.38. The lowest BCUT2D eigenvalue weighted by atomic mass is 9.74. The number of pyridine rings is 1. The van der Waals surface area contributed by atoms with E-state index in [1.54, 1.807) is 26.0 Å². The fourth-order valence-electron chi connectivity index (χ4n) is 4.94. The van der Waals surface area contributed by atoms with E-state index in [1.807, 2.05) is 6.92 Å². The number of nitrogens with zero attached hydrogens (tertiary/aromatic N) is 4. The average Bonchev–Trinajstić information content (AvgIpc) is 2.79. The summed E-state index contributed by atoms with van der Waals surface area (Å²) in [7, 11) is -3.87. The van der Waals surface area contributed by atoms with Crippen LogP contribution in [0.25, 0.3) is 0 Å². The number of hydrogen-bond donors (Lipinski definition) is 2. The third kappa shape index (κ3) is 5.12. The molecule has 1 aliphatic carbocycles. The molecule has 0 radical (unpaired) electrons. The number of amides is 1. The minimum absolute atomic E-state index is 0.0217. The molecule has 11 heteroatoms. The largest absolute Gasteiger partial charge is 0.353 e. The number of aromatic nitrogens is 3. The van der Waals surface area contributed by atoms with Gasteiger partial charge >= 0.3 is 0 Å². The van der Waals surface area contributed by atoms with Crippen molar-refractivity contribution in [1.82, 2.24) is 20.3 Å². The minimum Gasteiger partial charge on any atom is -0.353 e. The van der Waals surface area contributed by atoms with Crippen LogP contribution in [-0.2, 0) is 14.8 Å². The SMILES string of the molecule is CC(C)N(c1ccnc(N[C@@H](C)C2CC3CC(Cl)CCC3NC2=O)n1)S(=O)(=O)c1cccnc1. The highest BCUT2D eigenvalue weighted by Crippen LogP contribution is 2.37. The van der Waals surface area contributed by atoms with Crippen molar-refractivity contribution in [3.8, 4) is 0 Å². The van der Waals surface area contributed by atoms with Gasteiger partial charge in [0.25, 0.3) is 10.0 Å². The van der Waals surface area contributed by atoms with Crippen molar-refractivity contribution in [3.05, 3.63) is 36.8 Å². The number of rotatable bonds is 7. The highest BCUT2D eigenvalue weighted by molar-refractivity contribution is 7.92. The minimum atomic E-state index is -3.87. The molecule has 3 heterocycles. The van der Waals surface area contributed by atoms with Gasteiger partial charge in [0, 0.05) is 48.2 Å². The molecule has 5 atom stereocenters. The van der Waals surface area contributed by atoms with Gasteiger partial charge in [0.15, 0.2) is 0 Å². The zero-order valence-corrected chi connectivity index (χ0v) is 21.1. The van der Waals surface area contributed by atoms with E-state index < -0.39 is 10.0 Å². The number of sulfonamides is 1. The summed E-state index contributed by atoms with van der Waals surface area (Å²) in [6.07, 6.45) is 7.85. The average molecular weight is 507 g/mol. The Labute approximate surface area is 205 Å². The summed E-state index contributed by atoms with van der Waals surface area (Å²) < 4.78 is 27.9. The van der Waals surface area contributed by atoms with Crippen LogP contribution in [0.3, 0.4) is 0 Å². The van der Waals surface area contributed by atoms with Crippen molar-refractivity contribution in [2.24, 2.45) is 11.8 Å². The van der Waals surface area contributed by atoms with Crippen LogP contribution in [0.2, 0.25) is 0 Å². The van der Waals surface area contributed by atoms with Crippen LogP contribution in [0.15, 0.2) is 41.7 Å². The van der Waals surface area contributed by atoms with E-state index in [-0.39, 0.29) is 52.0 Å². The smallest absolute Gasteiger partial charge is 0.267 e. The highest BCUT2D eigenvalue weighted by Gasteiger charge is 2.41. The van der Waals surface area contributed by atoms with Gasteiger partial charge in [0.1, 0.15) is 10.7 Å². The Bertz CT molecular complexity index is 1120. The van der Waals surface area contributed by atoms with Crippen LogP contribution < -0.4 is 14.9 Å². The first-order chi connectivity index (χ1) is 16.2. The summed E-state index contributed by atoms with van der Waals surface area (Å²) in [5, 5.41) is 6.55. The van der Waals surface area contributed by atoms with Crippen molar-refractivity contribution in [3.63, 3.8) is 0 Å². The number of carbonyl (C=O) groups is 1. The maximum atomic E-state index is 13.3. The Morgan fingerprint density at radius 1 is 1.18 bits per heavy atom. The summed E-state index contributed by atoms with van der Waals surface area (Å²) in [6, 6.07) is 4.22. The third-order valence-electron chi connectivity index (χ3n) is 6.63. The van der Waals surface area contributed by atoms with E-state index in [4.69, 9.17) is 11.6 Å². The van der Waals surface area contributed by atoms with E-state index in [1.165, 1.54) is 29.0 Å². The summed E-state index contributed by atoms with van der Waals surface area (Å²) in [4.78, 5) is 25.6. The van der Waals surface area contributed by atoms with E-state index in [9.17, 15) is 13.2 Å². The van der Waals surface area contributed by atoms with Crippen LogP contribution in [-0.4, -0.2) is 52.8 Å². The molecule has 0 spiro atoms. The molecule has 2 fully saturated rings. The molecule has 1 saturated carbocycles. The van der Waals surface area contributed by atoms with Crippen LogP contribution >= 0.6 is 11.6 Å². The molecular formula is C23H31ClN6O3S. The van der Waals surface area contributed by atoms with E-state index in [0.717, 1.165) is 25.7 Å². The van der Waals surface area contributed by atoms with E-state index in [2.05, 4.69) is 25.6 Å². The van der Waals surface area contributed by atoms with Crippen molar-refractivity contribution in [2.75, 3.05) is 9.62 Å². The molecule has 4 unspecified atom stereocenters. The lowest BCUT2D eigenvalue weighted by molar-refractivity contribution is -0.130. The zero-order chi connectivity index (χ0) is 24.5. The Balaban J connectivity index is 1.53. The van der Waals surface area contributed by atoms with Crippen molar-refractivity contribution in [1.29, 1.82) is 0 Å². The van der Waals surface area contributed by atoms with Crippen molar-refractivity contribution >= 4 is 39.3 Å². The number of alkyl halides is 1. The zero-order valence-electron chi connectivity index (χ0n) is 19.6. The Morgan fingerprint density at radius 2 is 1.97 bits per heavy atom. The molecule has 0 bridgehead atoms. The topological polar surface area (TPSA) is 117 Å². The summed E-state index contributed by atoms with van der Waals surface area (Å²) in [6.45, 7) is 5.49. The fraction of sp³-hybridized carbons (Fsp3) is 0.565. The number of piperidine rings is 1. The van der Waals surface area contributed by atoms with Gasteiger partial charge in [-0.05, 0) is 64.5 Å². The van der Waals surface area contributed by atoms with Crippen molar-refractivity contribution < 1.29 is 13.2 Å². The predicted molar refractivity (Wildman–Crippen MR) is 131 cm³/mol. The maximum Gasteiger partial charge on any atom is 0.267 e. The Hall–Kier alpha value is -2.46. The second-order valence-corrected chi connectivity index (χ2v) is 11.8. The fourth-order valence-corrected chi connectivity index (χ4v) is 6.87. The van der Waals surface area contributed by atoms with Gasteiger partial charge in [0.2, 0.25) is 11.9 Å². The second-order valence-electron chi connectivity index (χ2n) is 9.38. The highest BCUT2D eigenvalue weighted by atomic mass is 35.5. The summed E-state index contributed by atoms with van der Waals surface area (Å²) in [5.74, 6) is 0.639. The Morgan fingerprint density at radius 3 is 2.68 bits per heavy atom. The predicted octanol–water partition coefficient (Wildman–Crippen LogP) is 3.19. The molecule has 2 aromatic rings. The molecule has 2 aliphatic rings. The molecule has 1 aliphatic heterocycles. The van der Waals surface area contributed by atoms with Gasteiger partial charge in [-0.3, -0.25) is 9.78 Å². The molecule has 1 saturated heterocycles. The van der Waals surface area contributed by atoms with E-state index >= 15 is 0 Å². The first-order valence-corrected chi connectivity index (χ1v) is 13.5. The quantitative estimate of drug-likeness (QED) is 0.554. The molecule has 184 valence electrons. The second kappa shape index (κ2) is 10.0. The maximum absolute atomic E-state index is 13.3. The number of halogens is 1.